The molecule has 1 aromatic rings. The Morgan fingerprint density at radius 3 is 2.36 bits per heavy atom. The molecule has 0 aliphatic carbocycles. The van der Waals surface area contributed by atoms with Crippen molar-refractivity contribution in [3.05, 3.63) is 34.9 Å². The summed E-state index contributed by atoms with van der Waals surface area (Å²) in [7, 11) is 0. The Hall–Kier alpha value is -0.0500. The topological polar surface area (TPSA) is 0 Å². The molecule has 3 heteroatoms. The number of halogens is 1. The molecule has 0 saturated carbocycles. The molecule has 0 N–H and O–H groups in total. The highest BCUT2D eigenvalue weighted by Crippen LogP contribution is 2.10. The van der Waals surface area contributed by atoms with Gasteiger partial charge in [-0.1, -0.05) is 36.0 Å². The van der Waals surface area contributed by atoms with Crippen molar-refractivity contribution in [1.82, 2.24) is 0 Å². The van der Waals surface area contributed by atoms with Crippen molar-refractivity contribution in [2.45, 2.75) is 6.42 Å². The van der Waals surface area contributed by atoms with E-state index in [2.05, 4.69) is 12.6 Å². The van der Waals surface area contributed by atoms with Crippen LogP contribution in [0.5, 0.6) is 0 Å². The molecule has 58 valence electrons. The third-order valence-electron chi connectivity index (χ3n) is 1.27. The van der Waals surface area contributed by atoms with Gasteiger partial charge in [-0.05, 0) is 17.7 Å². The normalized spacial score (nSPS) is 9.64. The number of hydrogen-bond acceptors (Lipinski definition) is 1. The maximum Gasteiger partial charge on any atom is 0.0491 e. The zero-order valence-corrected chi connectivity index (χ0v) is 8.22. The van der Waals surface area contributed by atoms with Gasteiger partial charge in [-0.3, -0.25) is 0 Å². The van der Waals surface area contributed by atoms with E-state index in [1.807, 2.05) is 24.3 Å². The third-order valence-corrected chi connectivity index (χ3v) is 1.82. The van der Waals surface area contributed by atoms with Gasteiger partial charge in [0.2, 0.25) is 0 Å². The van der Waals surface area contributed by atoms with Crippen molar-refractivity contribution in [2.24, 2.45) is 0 Å². The smallest absolute Gasteiger partial charge is 0.0491 e. The van der Waals surface area contributed by atoms with Gasteiger partial charge in [-0.15, -0.1) is 12.6 Å². The maximum absolute atomic E-state index is 5.70. The summed E-state index contributed by atoms with van der Waals surface area (Å²) in [5.74, 6) is 0. The molecular weight excluding hydrogens is 196 g/mol. The third kappa shape index (κ3) is 3.23. The van der Waals surface area contributed by atoms with E-state index in [-0.39, 0.29) is 0 Å². The Balaban J connectivity index is 2.74. The average molecular weight is 203 g/mol. The van der Waals surface area contributed by atoms with Gasteiger partial charge in [0.25, 0.3) is 0 Å². The Morgan fingerprint density at radius 2 is 1.91 bits per heavy atom. The van der Waals surface area contributed by atoms with Crippen LogP contribution in [0, 0.1) is 0 Å². The molecule has 0 aliphatic rings. The summed E-state index contributed by atoms with van der Waals surface area (Å²) >= 11 is 14.6. The minimum Gasteiger partial charge on any atom is -0.136 e. The highest BCUT2D eigenvalue weighted by molar-refractivity contribution is 8.11. The molecule has 11 heavy (non-hydrogen) atoms. The van der Waals surface area contributed by atoms with Crippen molar-refractivity contribution < 1.29 is 0 Å². The fourth-order valence-corrected chi connectivity index (χ4v) is 1.25. The molecular formula is C8H7ClS2. The lowest BCUT2D eigenvalue weighted by molar-refractivity contribution is 1.38. The highest BCUT2D eigenvalue weighted by Gasteiger charge is 1.93. The predicted molar refractivity (Wildman–Crippen MR) is 56.7 cm³/mol. The quantitative estimate of drug-likeness (QED) is 0.568. The summed E-state index contributed by atoms with van der Waals surface area (Å²) in [6.07, 6.45) is 0.732. The van der Waals surface area contributed by atoms with Crippen molar-refractivity contribution in [3.8, 4) is 0 Å². The van der Waals surface area contributed by atoms with E-state index in [4.69, 9.17) is 23.8 Å². The van der Waals surface area contributed by atoms with E-state index < -0.39 is 0 Å². The Kier molecular flexibility index (Phi) is 3.37. The maximum atomic E-state index is 5.70. The largest absolute Gasteiger partial charge is 0.136 e. The monoisotopic (exact) mass is 202 g/mol. The van der Waals surface area contributed by atoms with Crippen LogP contribution in [-0.4, -0.2) is 4.20 Å². The zero-order chi connectivity index (χ0) is 8.27. The van der Waals surface area contributed by atoms with Crippen LogP contribution in [0.2, 0.25) is 5.02 Å². The van der Waals surface area contributed by atoms with E-state index in [0.717, 1.165) is 17.0 Å². The first-order valence-corrected chi connectivity index (χ1v) is 4.38. The van der Waals surface area contributed by atoms with Gasteiger partial charge in [-0.25, -0.2) is 0 Å². The zero-order valence-electron chi connectivity index (χ0n) is 5.75. The minimum atomic E-state index is 0.701. The van der Waals surface area contributed by atoms with Crippen LogP contribution in [0.3, 0.4) is 0 Å². The molecule has 0 nitrogen and oxygen atoms in total. The van der Waals surface area contributed by atoms with Gasteiger partial charge >= 0.3 is 0 Å². The molecule has 0 aliphatic heterocycles. The van der Waals surface area contributed by atoms with Crippen molar-refractivity contribution >= 4 is 40.6 Å². The van der Waals surface area contributed by atoms with E-state index in [0.29, 0.717) is 4.20 Å². The van der Waals surface area contributed by atoms with Crippen LogP contribution in [0.4, 0.5) is 0 Å². The lowest BCUT2D eigenvalue weighted by atomic mass is 10.2. The van der Waals surface area contributed by atoms with E-state index >= 15 is 0 Å². The second kappa shape index (κ2) is 4.10. The summed E-state index contributed by atoms with van der Waals surface area (Å²) in [6.45, 7) is 0. The van der Waals surface area contributed by atoms with Crippen molar-refractivity contribution in [3.63, 3.8) is 0 Å². The first-order valence-electron chi connectivity index (χ1n) is 3.15. The second-order valence-corrected chi connectivity index (χ2v) is 3.97. The number of hydrogen-bond donors (Lipinski definition) is 1. The van der Waals surface area contributed by atoms with Crippen molar-refractivity contribution in [2.75, 3.05) is 0 Å². The molecule has 0 heterocycles. The fourth-order valence-electron chi connectivity index (χ4n) is 0.777. The van der Waals surface area contributed by atoms with Crippen LogP contribution in [0.25, 0.3) is 0 Å². The molecule has 0 radical (unpaired) electrons. The van der Waals surface area contributed by atoms with Crippen LogP contribution in [0.1, 0.15) is 5.56 Å². The van der Waals surface area contributed by atoms with Gasteiger partial charge in [0.1, 0.15) is 0 Å². The number of rotatable bonds is 2. The van der Waals surface area contributed by atoms with Gasteiger partial charge in [0.05, 0.1) is 0 Å². The SMILES string of the molecule is S=C(S)Cc1ccc(Cl)cc1. The molecule has 0 spiro atoms. The van der Waals surface area contributed by atoms with Gasteiger partial charge in [-0.2, -0.15) is 0 Å². The Morgan fingerprint density at radius 1 is 1.36 bits per heavy atom. The fraction of sp³-hybridized carbons (Fsp3) is 0.125. The van der Waals surface area contributed by atoms with E-state index in [1.165, 1.54) is 0 Å². The number of thiol groups is 1. The Bertz CT molecular complexity index is 253. The number of thiocarbonyl (C=S) groups is 1. The standard InChI is InChI=1S/C8H7ClS2/c9-7-3-1-6(2-4-7)5-8(10)11/h1-4H,5H2,(H,10,11). The molecule has 1 aromatic carbocycles. The second-order valence-electron chi connectivity index (χ2n) is 2.20. The van der Waals surface area contributed by atoms with Crippen LogP contribution in [-0.2, 0) is 6.42 Å². The van der Waals surface area contributed by atoms with Gasteiger partial charge in [0, 0.05) is 15.6 Å². The first-order chi connectivity index (χ1) is 5.18. The summed E-state index contributed by atoms with van der Waals surface area (Å²) < 4.78 is 0.701. The molecule has 0 unspecified atom stereocenters. The number of benzene rings is 1. The summed E-state index contributed by atoms with van der Waals surface area (Å²) in [5, 5.41) is 0.749. The van der Waals surface area contributed by atoms with E-state index in [1.54, 1.807) is 0 Å². The lowest BCUT2D eigenvalue weighted by Gasteiger charge is -1.97. The molecule has 0 bridgehead atoms. The molecule has 0 amide bonds. The lowest BCUT2D eigenvalue weighted by Crippen LogP contribution is -1.89. The first kappa shape index (κ1) is 9.04. The molecule has 1 rings (SSSR count). The van der Waals surface area contributed by atoms with Crippen LogP contribution < -0.4 is 0 Å². The van der Waals surface area contributed by atoms with Gasteiger partial charge < -0.3 is 0 Å². The highest BCUT2D eigenvalue weighted by atomic mass is 35.5. The summed E-state index contributed by atoms with van der Waals surface area (Å²) in [5.41, 5.74) is 1.15. The Labute approximate surface area is 82.0 Å². The summed E-state index contributed by atoms with van der Waals surface area (Å²) in [4.78, 5) is 0. The predicted octanol–water partition coefficient (Wildman–Crippen LogP) is 3.14. The van der Waals surface area contributed by atoms with Crippen LogP contribution in [0.15, 0.2) is 24.3 Å². The molecule has 0 fully saturated rings. The van der Waals surface area contributed by atoms with E-state index in [9.17, 15) is 0 Å². The molecule has 0 saturated heterocycles. The summed E-state index contributed by atoms with van der Waals surface area (Å²) in [6, 6.07) is 7.60. The van der Waals surface area contributed by atoms with Crippen molar-refractivity contribution in [1.29, 1.82) is 0 Å². The average Bonchev–Trinajstić information content (AvgIpc) is 1.93. The minimum absolute atomic E-state index is 0.701. The van der Waals surface area contributed by atoms with Crippen LogP contribution >= 0.6 is 36.4 Å². The molecule has 0 atom stereocenters. The molecule has 0 aromatic heterocycles. The van der Waals surface area contributed by atoms with Gasteiger partial charge in [0.15, 0.2) is 0 Å².